The van der Waals surface area contributed by atoms with Crippen LogP contribution in [-0.2, 0) is 4.74 Å². The Labute approximate surface area is 137 Å². The van der Waals surface area contributed by atoms with Crippen molar-refractivity contribution in [2.75, 3.05) is 55.7 Å². The summed E-state index contributed by atoms with van der Waals surface area (Å²) in [6, 6.07) is 2.06. The third-order valence-electron chi connectivity index (χ3n) is 4.35. The molecule has 1 amide bonds. The van der Waals surface area contributed by atoms with E-state index in [1.54, 1.807) is 4.90 Å². The first kappa shape index (κ1) is 15.8. The van der Waals surface area contributed by atoms with Crippen LogP contribution in [0.1, 0.15) is 25.5 Å². The van der Waals surface area contributed by atoms with Crippen LogP contribution in [-0.4, -0.2) is 66.8 Å². The van der Waals surface area contributed by atoms with Crippen LogP contribution in [0, 0.1) is 6.92 Å². The van der Waals surface area contributed by atoms with E-state index in [4.69, 9.17) is 9.72 Å². The molecule has 0 aromatic carbocycles. The van der Waals surface area contributed by atoms with E-state index in [2.05, 4.69) is 20.9 Å². The van der Waals surface area contributed by atoms with Gasteiger partial charge in [0.25, 0.3) is 0 Å². The van der Waals surface area contributed by atoms with Gasteiger partial charge in [-0.15, -0.1) is 0 Å². The number of aryl methyl sites for hydroxylation is 1. The molecule has 2 aliphatic rings. The lowest BCUT2D eigenvalue weighted by Gasteiger charge is -2.34. The van der Waals surface area contributed by atoms with E-state index in [0.29, 0.717) is 19.7 Å². The zero-order chi connectivity index (χ0) is 16.2. The van der Waals surface area contributed by atoms with Crippen molar-refractivity contribution in [1.29, 1.82) is 0 Å². The number of ether oxygens (including phenoxy) is 1. The number of carbonyl (C=O) groups is 1. The summed E-state index contributed by atoms with van der Waals surface area (Å²) < 4.78 is 5.06. The number of carbonyl (C=O) groups excluding carboxylic acids is 1. The molecule has 2 saturated heterocycles. The van der Waals surface area contributed by atoms with Gasteiger partial charge in [0.2, 0.25) is 5.95 Å². The summed E-state index contributed by atoms with van der Waals surface area (Å²) in [6.45, 7) is 9.18. The average molecular weight is 319 g/mol. The molecule has 2 aliphatic heterocycles. The molecule has 3 rings (SSSR count). The Morgan fingerprint density at radius 1 is 1.09 bits per heavy atom. The van der Waals surface area contributed by atoms with E-state index in [1.165, 1.54) is 12.8 Å². The minimum atomic E-state index is -0.227. The molecule has 23 heavy (non-hydrogen) atoms. The van der Waals surface area contributed by atoms with Gasteiger partial charge in [0.15, 0.2) is 0 Å². The number of nitrogens with zero attached hydrogens (tertiary/aromatic N) is 5. The van der Waals surface area contributed by atoms with Crippen molar-refractivity contribution in [3.05, 3.63) is 11.8 Å². The van der Waals surface area contributed by atoms with Gasteiger partial charge in [0.1, 0.15) is 5.82 Å². The second-order valence-electron chi connectivity index (χ2n) is 6.03. The van der Waals surface area contributed by atoms with Gasteiger partial charge in [-0.2, -0.15) is 4.98 Å². The second-order valence-corrected chi connectivity index (χ2v) is 6.03. The fourth-order valence-electron chi connectivity index (χ4n) is 3.09. The summed E-state index contributed by atoms with van der Waals surface area (Å²) in [7, 11) is 0. The lowest BCUT2D eigenvalue weighted by atomic mass is 10.3. The van der Waals surface area contributed by atoms with Crippen LogP contribution in [0.5, 0.6) is 0 Å². The molecule has 0 N–H and O–H groups in total. The van der Waals surface area contributed by atoms with Gasteiger partial charge in [0, 0.05) is 51.0 Å². The van der Waals surface area contributed by atoms with Crippen molar-refractivity contribution >= 4 is 17.9 Å². The molecule has 0 spiro atoms. The predicted octanol–water partition coefficient (Wildman–Crippen LogP) is 1.66. The number of hydrogen-bond donors (Lipinski definition) is 0. The van der Waals surface area contributed by atoms with E-state index >= 15 is 0 Å². The minimum Gasteiger partial charge on any atom is -0.450 e. The number of piperazine rings is 1. The summed E-state index contributed by atoms with van der Waals surface area (Å²) >= 11 is 0. The third kappa shape index (κ3) is 3.65. The molecule has 1 aromatic heterocycles. The number of amides is 1. The first-order valence-corrected chi connectivity index (χ1v) is 8.44. The van der Waals surface area contributed by atoms with Crippen LogP contribution in [0.15, 0.2) is 6.07 Å². The van der Waals surface area contributed by atoms with Gasteiger partial charge >= 0.3 is 6.09 Å². The van der Waals surface area contributed by atoms with E-state index < -0.39 is 0 Å². The zero-order valence-corrected chi connectivity index (χ0v) is 14.0. The van der Waals surface area contributed by atoms with E-state index in [9.17, 15) is 4.79 Å². The number of aromatic nitrogens is 2. The lowest BCUT2D eigenvalue weighted by Crippen LogP contribution is -2.49. The minimum absolute atomic E-state index is 0.227. The van der Waals surface area contributed by atoms with Gasteiger partial charge in [-0.25, -0.2) is 9.78 Å². The van der Waals surface area contributed by atoms with Crippen molar-refractivity contribution in [2.24, 2.45) is 0 Å². The number of hydrogen-bond acceptors (Lipinski definition) is 6. The highest BCUT2D eigenvalue weighted by Crippen LogP contribution is 2.22. The summed E-state index contributed by atoms with van der Waals surface area (Å²) in [6.07, 6.45) is 2.24. The fraction of sp³-hybridized carbons (Fsp3) is 0.688. The van der Waals surface area contributed by atoms with Gasteiger partial charge in [0.05, 0.1) is 6.61 Å². The van der Waals surface area contributed by atoms with Crippen LogP contribution >= 0.6 is 0 Å². The van der Waals surface area contributed by atoms with E-state index in [-0.39, 0.29) is 6.09 Å². The van der Waals surface area contributed by atoms with Crippen molar-refractivity contribution in [1.82, 2.24) is 14.9 Å². The third-order valence-corrected chi connectivity index (χ3v) is 4.35. The molecule has 7 heteroatoms. The SMILES string of the molecule is CCOC(=O)N1CCN(c2nc(C)cc(N3CCCC3)n2)CC1. The quantitative estimate of drug-likeness (QED) is 0.844. The maximum absolute atomic E-state index is 11.8. The van der Waals surface area contributed by atoms with Crippen LogP contribution in [0.2, 0.25) is 0 Å². The van der Waals surface area contributed by atoms with Crippen LogP contribution < -0.4 is 9.80 Å². The lowest BCUT2D eigenvalue weighted by molar-refractivity contribution is 0.105. The largest absolute Gasteiger partial charge is 0.450 e. The van der Waals surface area contributed by atoms with E-state index in [1.807, 2.05) is 13.8 Å². The Morgan fingerprint density at radius 3 is 2.43 bits per heavy atom. The Hall–Kier alpha value is -2.05. The van der Waals surface area contributed by atoms with Crippen LogP contribution in [0.25, 0.3) is 0 Å². The van der Waals surface area contributed by atoms with Crippen molar-refractivity contribution in [3.63, 3.8) is 0 Å². The molecular formula is C16H25N5O2. The molecule has 0 bridgehead atoms. The molecule has 126 valence electrons. The monoisotopic (exact) mass is 319 g/mol. The molecule has 0 radical (unpaired) electrons. The molecule has 7 nitrogen and oxygen atoms in total. The zero-order valence-electron chi connectivity index (χ0n) is 14.0. The van der Waals surface area contributed by atoms with Crippen LogP contribution in [0.4, 0.5) is 16.6 Å². The van der Waals surface area contributed by atoms with E-state index in [0.717, 1.165) is 43.6 Å². The molecule has 0 aliphatic carbocycles. The predicted molar refractivity (Wildman–Crippen MR) is 89.0 cm³/mol. The first-order chi connectivity index (χ1) is 11.2. The van der Waals surface area contributed by atoms with Gasteiger partial charge in [-0.05, 0) is 26.7 Å². The summed E-state index contributed by atoms with van der Waals surface area (Å²) in [5.41, 5.74) is 0.990. The van der Waals surface area contributed by atoms with Crippen molar-refractivity contribution < 1.29 is 9.53 Å². The van der Waals surface area contributed by atoms with Crippen molar-refractivity contribution in [2.45, 2.75) is 26.7 Å². The maximum Gasteiger partial charge on any atom is 0.409 e. The highest BCUT2D eigenvalue weighted by Gasteiger charge is 2.24. The Kier molecular flexibility index (Phi) is 4.83. The van der Waals surface area contributed by atoms with Crippen LogP contribution in [0.3, 0.4) is 0 Å². The smallest absolute Gasteiger partial charge is 0.409 e. The molecule has 0 atom stereocenters. The topological polar surface area (TPSA) is 61.8 Å². The molecule has 2 fully saturated rings. The van der Waals surface area contributed by atoms with Crippen molar-refractivity contribution in [3.8, 4) is 0 Å². The fourth-order valence-corrected chi connectivity index (χ4v) is 3.09. The summed E-state index contributed by atoms with van der Waals surface area (Å²) in [4.78, 5) is 27.3. The summed E-state index contributed by atoms with van der Waals surface area (Å²) in [5.74, 6) is 1.80. The van der Waals surface area contributed by atoms with Gasteiger partial charge < -0.3 is 19.4 Å². The number of rotatable bonds is 3. The normalized spacial score (nSPS) is 18.4. The second kappa shape index (κ2) is 7.02. The highest BCUT2D eigenvalue weighted by molar-refractivity contribution is 5.68. The Morgan fingerprint density at radius 2 is 1.78 bits per heavy atom. The molecule has 3 heterocycles. The van der Waals surface area contributed by atoms with Gasteiger partial charge in [-0.3, -0.25) is 0 Å². The molecule has 0 saturated carbocycles. The number of anilines is 2. The molecule has 0 unspecified atom stereocenters. The maximum atomic E-state index is 11.8. The average Bonchev–Trinajstić information content (AvgIpc) is 3.09. The standard InChI is InChI=1S/C16H25N5O2/c1-3-23-16(22)21-10-8-20(9-11-21)15-17-13(2)12-14(18-15)19-6-4-5-7-19/h12H,3-11H2,1-2H3. The molecular weight excluding hydrogens is 294 g/mol. The first-order valence-electron chi connectivity index (χ1n) is 8.44. The Balaban J connectivity index is 1.67. The highest BCUT2D eigenvalue weighted by atomic mass is 16.6. The van der Waals surface area contributed by atoms with Gasteiger partial charge in [-0.1, -0.05) is 0 Å². The summed E-state index contributed by atoms with van der Waals surface area (Å²) in [5, 5.41) is 0. The Bertz CT molecular complexity index is 551. The molecule has 1 aromatic rings.